The Balaban J connectivity index is 0.00000192. The standard InChI is InChI=1S/C17H17N3OS.ClH/c18-9-8-12-4-6-13(7-5-12)10-19-17(21)14-2-1-3-15-16(14)20-11-22-15;/h1-7,11H,8-10,18H2,(H,19,21);1H. The van der Waals surface area contributed by atoms with Crippen LogP contribution in [0.15, 0.2) is 48.0 Å². The summed E-state index contributed by atoms with van der Waals surface area (Å²) in [4.78, 5) is 16.6. The number of hydrogen-bond acceptors (Lipinski definition) is 4. The number of rotatable bonds is 5. The number of amides is 1. The summed E-state index contributed by atoms with van der Waals surface area (Å²) in [7, 11) is 0. The smallest absolute Gasteiger partial charge is 0.253 e. The number of benzene rings is 2. The lowest BCUT2D eigenvalue weighted by Crippen LogP contribution is -2.23. The molecular formula is C17H18ClN3OS. The van der Waals surface area contributed by atoms with E-state index in [9.17, 15) is 4.79 Å². The summed E-state index contributed by atoms with van der Waals surface area (Å²) >= 11 is 1.54. The van der Waals surface area contributed by atoms with Gasteiger partial charge in [-0.2, -0.15) is 0 Å². The van der Waals surface area contributed by atoms with Crippen LogP contribution in [-0.2, 0) is 13.0 Å². The quantitative estimate of drug-likeness (QED) is 0.745. The van der Waals surface area contributed by atoms with Crippen LogP contribution in [0, 0.1) is 0 Å². The third kappa shape index (κ3) is 4.07. The van der Waals surface area contributed by atoms with Crippen molar-refractivity contribution in [3.63, 3.8) is 0 Å². The number of thiazole rings is 1. The largest absolute Gasteiger partial charge is 0.348 e. The Morgan fingerprint density at radius 1 is 1.13 bits per heavy atom. The molecule has 1 aromatic heterocycles. The molecule has 0 saturated carbocycles. The Morgan fingerprint density at radius 2 is 1.87 bits per heavy atom. The second-order valence-corrected chi connectivity index (χ2v) is 5.93. The molecule has 0 saturated heterocycles. The summed E-state index contributed by atoms with van der Waals surface area (Å²) in [6.07, 6.45) is 0.873. The lowest BCUT2D eigenvalue weighted by molar-refractivity contribution is 0.0952. The van der Waals surface area contributed by atoms with Crippen molar-refractivity contribution in [2.75, 3.05) is 6.54 Å². The van der Waals surface area contributed by atoms with E-state index in [1.165, 1.54) is 16.9 Å². The normalized spacial score (nSPS) is 10.3. The number of aromatic nitrogens is 1. The van der Waals surface area contributed by atoms with Crippen LogP contribution in [0.1, 0.15) is 21.5 Å². The first-order chi connectivity index (χ1) is 10.8. The minimum atomic E-state index is -0.0949. The fourth-order valence-corrected chi connectivity index (χ4v) is 3.04. The highest BCUT2D eigenvalue weighted by atomic mass is 35.5. The second-order valence-electron chi connectivity index (χ2n) is 5.04. The first-order valence-electron chi connectivity index (χ1n) is 7.16. The molecule has 6 heteroatoms. The summed E-state index contributed by atoms with van der Waals surface area (Å²) < 4.78 is 1.03. The van der Waals surface area contributed by atoms with Crippen molar-refractivity contribution in [1.29, 1.82) is 0 Å². The van der Waals surface area contributed by atoms with Crippen molar-refractivity contribution in [2.24, 2.45) is 5.73 Å². The van der Waals surface area contributed by atoms with Gasteiger partial charge in [0.15, 0.2) is 0 Å². The zero-order chi connectivity index (χ0) is 15.4. The molecule has 2 aromatic carbocycles. The molecule has 0 aliphatic carbocycles. The van der Waals surface area contributed by atoms with Crippen LogP contribution in [-0.4, -0.2) is 17.4 Å². The number of halogens is 1. The number of carbonyl (C=O) groups is 1. The van der Waals surface area contributed by atoms with Crippen molar-refractivity contribution >= 4 is 39.9 Å². The molecule has 0 fully saturated rings. The summed E-state index contributed by atoms with van der Waals surface area (Å²) in [6.45, 7) is 1.15. The van der Waals surface area contributed by atoms with Crippen LogP contribution in [0.25, 0.3) is 10.2 Å². The van der Waals surface area contributed by atoms with E-state index >= 15 is 0 Å². The molecule has 0 aliphatic rings. The minimum absolute atomic E-state index is 0. The van der Waals surface area contributed by atoms with E-state index in [0.717, 1.165) is 22.2 Å². The molecule has 0 atom stereocenters. The monoisotopic (exact) mass is 347 g/mol. The Bertz CT molecular complexity index is 786. The average molecular weight is 348 g/mol. The number of carbonyl (C=O) groups excluding carboxylic acids is 1. The summed E-state index contributed by atoms with van der Waals surface area (Å²) in [5, 5.41) is 2.95. The maximum atomic E-state index is 12.3. The first-order valence-corrected chi connectivity index (χ1v) is 8.04. The fourth-order valence-electron chi connectivity index (χ4n) is 2.34. The SMILES string of the molecule is Cl.NCCc1ccc(CNC(=O)c2cccc3scnc23)cc1. The predicted molar refractivity (Wildman–Crippen MR) is 97.2 cm³/mol. The van der Waals surface area contributed by atoms with E-state index in [0.29, 0.717) is 18.7 Å². The highest BCUT2D eigenvalue weighted by molar-refractivity contribution is 7.16. The number of para-hydroxylation sites is 1. The lowest BCUT2D eigenvalue weighted by Gasteiger charge is -2.07. The summed E-state index contributed by atoms with van der Waals surface area (Å²) in [5.74, 6) is -0.0949. The van der Waals surface area contributed by atoms with Gasteiger partial charge in [0.2, 0.25) is 0 Å². The van der Waals surface area contributed by atoms with E-state index in [-0.39, 0.29) is 18.3 Å². The summed E-state index contributed by atoms with van der Waals surface area (Å²) in [5.41, 5.74) is 11.0. The van der Waals surface area contributed by atoms with Crippen LogP contribution in [0.4, 0.5) is 0 Å². The van der Waals surface area contributed by atoms with Crippen molar-refractivity contribution in [3.8, 4) is 0 Å². The van der Waals surface area contributed by atoms with Crippen molar-refractivity contribution in [1.82, 2.24) is 10.3 Å². The zero-order valence-corrected chi connectivity index (χ0v) is 14.1. The number of fused-ring (bicyclic) bond motifs is 1. The lowest BCUT2D eigenvalue weighted by atomic mass is 10.1. The van der Waals surface area contributed by atoms with Crippen LogP contribution in [0.5, 0.6) is 0 Å². The predicted octanol–water partition coefficient (Wildman–Crippen LogP) is 3.15. The van der Waals surface area contributed by atoms with Crippen LogP contribution in [0.3, 0.4) is 0 Å². The van der Waals surface area contributed by atoms with Crippen molar-refractivity contribution in [3.05, 3.63) is 64.7 Å². The number of nitrogens with one attached hydrogen (secondary N) is 1. The van der Waals surface area contributed by atoms with Gasteiger partial charge >= 0.3 is 0 Å². The fraction of sp³-hybridized carbons (Fsp3) is 0.176. The molecule has 0 bridgehead atoms. The Morgan fingerprint density at radius 3 is 2.61 bits per heavy atom. The van der Waals surface area contributed by atoms with Gasteiger partial charge in [-0.3, -0.25) is 4.79 Å². The van der Waals surface area contributed by atoms with E-state index in [1.807, 2.05) is 30.3 Å². The molecule has 3 N–H and O–H groups in total. The van der Waals surface area contributed by atoms with Crippen LogP contribution >= 0.6 is 23.7 Å². The Kier molecular flexibility index (Phi) is 6.10. The van der Waals surface area contributed by atoms with Crippen molar-refractivity contribution in [2.45, 2.75) is 13.0 Å². The summed E-state index contributed by atoms with van der Waals surface area (Å²) in [6, 6.07) is 13.8. The molecular weight excluding hydrogens is 330 g/mol. The second kappa shape index (κ2) is 8.06. The molecule has 0 spiro atoms. The van der Waals surface area contributed by atoms with Gasteiger partial charge in [-0.05, 0) is 36.2 Å². The zero-order valence-electron chi connectivity index (χ0n) is 12.5. The van der Waals surface area contributed by atoms with E-state index < -0.39 is 0 Å². The molecule has 3 rings (SSSR count). The molecule has 1 amide bonds. The van der Waals surface area contributed by atoms with Gasteiger partial charge in [0.05, 0.1) is 21.3 Å². The van der Waals surface area contributed by atoms with Gasteiger partial charge < -0.3 is 11.1 Å². The van der Waals surface area contributed by atoms with Gasteiger partial charge in [0.25, 0.3) is 5.91 Å². The third-order valence-electron chi connectivity index (χ3n) is 3.51. The molecule has 3 aromatic rings. The van der Waals surface area contributed by atoms with Gasteiger partial charge in [0, 0.05) is 6.54 Å². The third-order valence-corrected chi connectivity index (χ3v) is 4.31. The van der Waals surface area contributed by atoms with E-state index in [2.05, 4.69) is 22.4 Å². The molecule has 4 nitrogen and oxygen atoms in total. The number of nitrogens with two attached hydrogens (primary N) is 1. The number of hydrogen-bond donors (Lipinski definition) is 2. The number of nitrogens with zero attached hydrogens (tertiary/aromatic N) is 1. The van der Waals surface area contributed by atoms with Gasteiger partial charge in [-0.25, -0.2) is 4.98 Å². The highest BCUT2D eigenvalue weighted by Gasteiger charge is 2.11. The Hall–Kier alpha value is -1.95. The molecule has 23 heavy (non-hydrogen) atoms. The molecule has 0 radical (unpaired) electrons. The van der Waals surface area contributed by atoms with Gasteiger partial charge in [0.1, 0.15) is 0 Å². The van der Waals surface area contributed by atoms with Crippen molar-refractivity contribution < 1.29 is 4.79 Å². The van der Waals surface area contributed by atoms with E-state index in [1.54, 1.807) is 5.51 Å². The van der Waals surface area contributed by atoms with Gasteiger partial charge in [-0.15, -0.1) is 23.7 Å². The Labute approximate surface area is 145 Å². The molecule has 1 heterocycles. The van der Waals surface area contributed by atoms with Crippen LogP contribution in [0.2, 0.25) is 0 Å². The van der Waals surface area contributed by atoms with Crippen LogP contribution < -0.4 is 11.1 Å². The molecule has 120 valence electrons. The first kappa shape index (κ1) is 17.4. The topological polar surface area (TPSA) is 68.0 Å². The highest BCUT2D eigenvalue weighted by Crippen LogP contribution is 2.21. The maximum absolute atomic E-state index is 12.3. The maximum Gasteiger partial charge on any atom is 0.253 e. The molecule has 0 aliphatic heterocycles. The van der Waals surface area contributed by atoms with E-state index in [4.69, 9.17) is 5.73 Å². The van der Waals surface area contributed by atoms with Gasteiger partial charge in [-0.1, -0.05) is 30.3 Å². The minimum Gasteiger partial charge on any atom is -0.348 e. The molecule has 0 unspecified atom stereocenters. The average Bonchev–Trinajstić information content (AvgIpc) is 3.02.